The van der Waals surface area contributed by atoms with Crippen LogP contribution in [0.4, 0.5) is 0 Å². The van der Waals surface area contributed by atoms with Crippen molar-refractivity contribution in [2.24, 2.45) is 0 Å². The molecule has 8 heteroatoms. The summed E-state index contributed by atoms with van der Waals surface area (Å²) in [6.45, 7) is 0. The van der Waals surface area contributed by atoms with Crippen LogP contribution in [0.5, 0.6) is 0 Å². The largest absolute Gasteiger partial charge is 0.251 e. The van der Waals surface area contributed by atoms with E-state index in [1.165, 1.54) is 22.5 Å². The standard InChI is InChI=1S/C23H12Br6N2/c24-14-1-3-16(26)22-8(14)5-10-18(28)12-7-13(20(10)30-22)19(29)11-6-9-15(25)2-4-17(27)23(9)31-21(11)12/h1-6,12-13,18-19H,7H2. The highest BCUT2D eigenvalue weighted by atomic mass is 79.9. The summed E-state index contributed by atoms with van der Waals surface area (Å²) in [5.41, 5.74) is 6.87. The van der Waals surface area contributed by atoms with Gasteiger partial charge in [0.15, 0.2) is 0 Å². The molecule has 6 rings (SSSR count). The molecule has 0 aliphatic heterocycles. The Hall–Kier alpha value is 0.140. The van der Waals surface area contributed by atoms with Gasteiger partial charge in [-0.2, -0.15) is 0 Å². The van der Waals surface area contributed by atoms with E-state index in [1.54, 1.807) is 0 Å². The van der Waals surface area contributed by atoms with Crippen molar-refractivity contribution in [1.82, 2.24) is 9.97 Å². The van der Waals surface area contributed by atoms with Crippen LogP contribution in [0.25, 0.3) is 21.8 Å². The zero-order valence-electron chi connectivity index (χ0n) is 15.6. The van der Waals surface area contributed by atoms with Gasteiger partial charge in [-0.3, -0.25) is 9.97 Å². The minimum atomic E-state index is 0.163. The van der Waals surface area contributed by atoms with Crippen molar-refractivity contribution in [3.05, 3.63) is 76.8 Å². The Morgan fingerprint density at radius 3 is 1.42 bits per heavy atom. The molecule has 2 nitrogen and oxygen atoms in total. The van der Waals surface area contributed by atoms with Crippen molar-refractivity contribution < 1.29 is 0 Å². The summed E-state index contributed by atoms with van der Waals surface area (Å²) in [6, 6.07) is 12.8. The van der Waals surface area contributed by atoms with E-state index in [9.17, 15) is 0 Å². The Bertz CT molecular complexity index is 1310. The highest BCUT2D eigenvalue weighted by Gasteiger charge is 2.45. The number of benzene rings is 2. The van der Waals surface area contributed by atoms with Crippen molar-refractivity contribution in [2.75, 3.05) is 0 Å². The number of hydrogen-bond acceptors (Lipinski definition) is 2. The molecular formula is C23H12Br6N2. The normalized spacial score (nSPS) is 24.3. The fourth-order valence-corrected chi connectivity index (χ4v) is 8.33. The smallest absolute Gasteiger partial charge is 0.0858 e. The highest BCUT2D eigenvalue weighted by Crippen LogP contribution is 2.60. The van der Waals surface area contributed by atoms with Crippen LogP contribution < -0.4 is 0 Å². The summed E-state index contributed by atoms with van der Waals surface area (Å²) in [5, 5.41) is 2.25. The molecule has 4 aromatic rings. The number of fused-ring (bicyclic) bond motifs is 8. The average molecular weight is 796 g/mol. The second-order valence-corrected chi connectivity index (χ2v) is 13.4. The first-order chi connectivity index (χ1) is 14.8. The lowest BCUT2D eigenvalue weighted by Crippen LogP contribution is -2.29. The summed E-state index contributed by atoms with van der Waals surface area (Å²) in [6.07, 6.45) is 1.01. The zero-order chi connectivity index (χ0) is 21.6. The van der Waals surface area contributed by atoms with E-state index in [-0.39, 0.29) is 9.65 Å². The van der Waals surface area contributed by atoms with Gasteiger partial charge in [-0.15, -0.1) is 0 Å². The lowest BCUT2D eigenvalue weighted by molar-refractivity contribution is 0.436. The molecular weight excluding hydrogens is 784 g/mol. The number of rotatable bonds is 0. The van der Waals surface area contributed by atoms with Crippen LogP contribution in [0.15, 0.2) is 54.3 Å². The number of alkyl halides is 2. The summed E-state index contributed by atoms with van der Waals surface area (Å²) in [7, 11) is 0. The molecule has 0 N–H and O–H groups in total. The van der Waals surface area contributed by atoms with Gasteiger partial charge in [0.2, 0.25) is 0 Å². The molecule has 2 aromatic carbocycles. The minimum absolute atomic E-state index is 0.163. The lowest BCUT2D eigenvalue weighted by Gasteiger charge is -2.42. The number of nitrogens with zero attached hydrogens (tertiary/aromatic N) is 2. The SMILES string of the molecule is Brc1ccc(Br)c2nc3c(cc12)C(Br)C1CC3C(Br)c2cc3c(Br)ccc(Br)c3nc21. The van der Waals surface area contributed by atoms with Crippen molar-refractivity contribution in [3.63, 3.8) is 0 Å². The molecule has 0 fully saturated rings. The van der Waals surface area contributed by atoms with Crippen LogP contribution in [-0.4, -0.2) is 9.97 Å². The van der Waals surface area contributed by atoms with E-state index in [0.717, 1.165) is 46.1 Å². The summed E-state index contributed by atoms with van der Waals surface area (Å²) in [5.74, 6) is 0.587. The van der Waals surface area contributed by atoms with Crippen molar-refractivity contribution in [1.29, 1.82) is 0 Å². The van der Waals surface area contributed by atoms with Gasteiger partial charge < -0.3 is 0 Å². The third kappa shape index (κ3) is 3.22. The van der Waals surface area contributed by atoms with Gasteiger partial charge in [-0.1, -0.05) is 63.7 Å². The maximum Gasteiger partial charge on any atom is 0.0858 e. The first kappa shape index (κ1) is 21.7. The molecule has 4 unspecified atom stereocenters. The Labute approximate surface area is 229 Å². The first-order valence-electron chi connectivity index (χ1n) is 9.70. The molecule has 2 heterocycles. The third-order valence-corrected chi connectivity index (χ3v) is 11.3. The lowest BCUT2D eigenvalue weighted by atomic mass is 9.69. The Balaban J connectivity index is 1.62. The molecule has 0 amide bonds. The van der Waals surface area contributed by atoms with Gasteiger partial charge in [0.05, 0.1) is 22.4 Å². The maximum absolute atomic E-state index is 5.19. The van der Waals surface area contributed by atoms with Gasteiger partial charge in [0, 0.05) is 50.2 Å². The molecule has 31 heavy (non-hydrogen) atoms. The number of hydrogen-bond donors (Lipinski definition) is 0. The van der Waals surface area contributed by atoms with Crippen molar-refractivity contribution >= 4 is 117 Å². The number of aromatic nitrogens is 2. The van der Waals surface area contributed by atoms with Crippen molar-refractivity contribution in [3.8, 4) is 0 Å². The van der Waals surface area contributed by atoms with E-state index < -0.39 is 0 Å². The summed E-state index contributed by atoms with van der Waals surface area (Å²) >= 11 is 22.9. The fourth-order valence-electron chi connectivity index (χ4n) is 4.93. The molecule has 0 saturated carbocycles. The Kier molecular flexibility index (Phi) is 5.48. The topological polar surface area (TPSA) is 25.8 Å². The zero-order valence-corrected chi connectivity index (χ0v) is 25.2. The molecule has 2 aliphatic rings. The summed E-state index contributed by atoms with van der Waals surface area (Å²) < 4.78 is 4.16. The molecule has 0 radical (unpaired) electrons. The second-order valence-electron chi connectivity index (χ2n) is 8.03. The van der Waals surface area contributed by atoms with Gasteiger partial charge in [-0.05, 0) is 85.8 Å². The van der Waals surface area contributed by atoms with Crippen LogP contribution in [0.2, 0.25) is 0 Å². The van der Waals surface area contributed by atoms with Crippen LogP contribution in [-0.2, 0) is 0 Å². The third-order valence-electron chi connectivity index (χ3n) is 6.40. The number of halogens is 6. The highest BCUT2D eigenvalue weighted by molar-refractivity contribution is 9.11. The van der Waals surface area contributed by atoms with E-state index in [4.69, 9.17) is 9.97 Å². The second kappa shape index (κ2) is 7.84. The maximum atomic E-state index is 5.19. The summed E-state index contributed by atoms with van der Waals surface area (Å²) in [4.78, 5) is 10.7. The molecule has 2 aromatic heterocycles. The quantitative estimate of drug-likeness (QED) is 0.166. The predicted molar refractivity (Wildman–Crippen MR) is 148 cm³/mol. The van der Waals surface area contributed by atoms with Crippen LogP contribution in [0, 0.1) is 0 Å². The van der Waals surface area contributed by atoms with Gasteiger partial charge in [-0.25, -0.2) is 0 Å². The predicted octanol–water partition coefficient (Wildman–Crippen LogP) is 9.99. The van der Waals surface area contributed by atoms with E-state index >= 15 is 0 Å². The molecule has 4 atom stereocenters. The molecule has 156 valence electrons. The van der Waals surface area contributed by atoms with Crippen LogP contribution in [0.3, 0.4) is 0 Å². The van der Waals surface area contributed by atoms with Crippen molar-refractivity contribution in [2.45, 2.75) is 27.9 Å². The molecule has 2 bridgehead atoms. The fraction of sp³-hybridized carbons (Fsp3) is 0.217. The Morgan fingerprint density at radius 1 is 0.613 bits per heavy atom. The van der Waals surface area contributed by atoms with Gasteiger partial charge in [0.1, 0.15) is 0 Å². The monoisotopic (exact) mass is 790 g/mol. The first-order valence-corrected chi connectivity index (χ1v) is 14.7. The molecule has 0 saturated heterocycles. The van der Waals surface area contributed by atoms with E-state index in [0.29, 0.717) is 11.8 Å². The van der Waals surface area contributed by atoms with E-state index in [1.807, 2.05) is 0 Å². The Morgan fingerprint density at radius 2 is 1.00 bits per heavy atom. The number of pyridine rings is 2. The average Bonchev–Trinajstić information content (AvgIpc) is 2.77. The van der Waals surface area contributed by atoms with Crippen LogP contribution in [0.1, 0.15) is 50.4 Å². The van der Waals surface area contributed by atoms with Gasteiger partial charge in [0.25, 0.3) is 0 Å². The minimum Gasteiger partial charge on any atom is -0.251 e. The van der Waals surface area contributed by atoms with Gasteiger partial charge >= 0.3 is 0 Å². The van der Waals surface area contributed by atoms with Crippen LogP contribution >= 0.6 is 95.6 Å². The molecule has 0 spiro atoms. The van der Waals surface area contributed by atoms with E-state index in [2.05, 4.69) is 132 Å². The molecule has 2 aliphatic carbocycles.